The number of aliphatic carboxylic acids is 1. The van der Waals surface area contributed by atoms with Crippen LogP contribution in [0.15, 0.2) is 146 Å². The van der Waals surface area contributed by atoms with Crippen LogP contribution in [0.1, 0.15) is 66.5 Å². The number of benzene rings is 4. The number of hydrogen-bond donors (Lipinski definition) is 4. The van der Waals surface area contributed by atoms with Crippen LogP contribution in [0.2, 0.25) is 5.15 Å². The number of nitrogens with zero attached hydrogens (tertiary/aromatic N) is 4. The Morgan fingerprint density at radius 1 is 0.707 bits per heavy atom. The molecular weight excluding hydrogens is 1090 g/mol. The SMILES string of the molecule is C=C(C(=O)N1[C@@H](c2ccc(N3CCOCC3)cc2)c2[nH]c3ccccc3c2C[C@@H]1C)C(F)(F)F.C=C(C)C(=O)O.C[C@H]1Cc2c([nH]c3ccccc23)[C@H](c2ccc(N3CCOCC3)cc2)N1.C[n+]1ccccc1Cl.[I-]. The van der Waals surface area contributed by atoms with Crippen molar-refractivity contribution in [1.29, 1.82) is 0 Å². The number of H-pyrrole nitrogens is 2. The Kier molecular flexibility index (Phi) is 18.9. The van der Waals surface area contributed by atoms with Crippen molar-refractivity contribution in [3.63, 3.8) is 0 Å². The van der Waals surface area contributed by atoms with Crippen LogP contribution < -0.4 is 43.7 Å². The van der Waals surface area contributed by atoms with Gasteiger partial charge in [0.05, 0.1) is 38.5 Å². The predicted octanol–water partition coefficient (Wildman–Crippen LogP) is 7.43. The maximum atomic E-state index is 13.5. The molecule has 0 bridgehead atoms. The monoisotopic (exact) mass is 1160 g/mol. The van der Waals surface area contributed by atoms with Crippen LogP contribution in [0.4, 0.5) is 24.5 Å². The van der Waals surface area contributed by atoms with Crippen LogP contribution in [-0.2, 0) is 39.0 Å². The molecule has 7 heterocycles. The second kappa shape index (κ2) is 25.1. The lowest BCUT2D eigenvalue weighted by molar-refractivity contribution is -0.669. The Morgan fingerprint density at radius 2 is 1.17 bits per heavy atom. The fourth-order valence-corrected chi connectivity index (χ4v) is 10.1. The van der Waals surface area contributed by atoms with Gasteiger partial charge >= 0.3 is 12.1 Å². The summed E-state index contributed by atoms with van der Waals surface area (Å²) in [6.45, 7) is 18.2. The van der Waals surface area contributed by atoms with Gasteiger partial charge in [0, 0.05) is 101 Å². The average Bonchev–Trinajstić information content (AvgIpc) is 3.99. The zero-order valence-electron chi connectivity index (χ0n) is 42.6. The largest absolute Gasteiger partial charge is 1.00 e. The number of anilines is 2. The number of aromatic amines is 2. The quantitative estimate of drug-likeness (QED) is 0.0587. The lowest BCUT2D eigenvalue weighted by atomic mass is 9.88. The number of carbonyl (C=O) groups is 2. The van der Waals surface area contributed by atoms with Crippen LogP contribution in [0.3, 0.4) is 0 Å². The Balaban J connectivity index is 0.000000175. The Labute approximate surface area is 458 Å². The van der Waals surface area contributed by atoms with Gasteiger partial charge in [-0.1, -0.05) is 73.8 Å². The van der Waals surface area contributed by atoms with E-state index in [9.17, 15) is 22.8 Å². The molecule has 4 atom stereocenters. The number of morpholine rings is 2. The molecule has 3 aromatic heterocycles. The minimum absolute atomic E-state index is 0. The standard InChI is InChI=1S/C26H26F3N3O2.C22H25N3O.C6H7ClN.C4H6O2.HI/c1-16-15-21-20-5-3-4-6-22(20)30-23(21)24(32(16)25(33)17(2)26(27,28)29)18-7-9-19(10-8-18)31-11-13-34-14-12-31;1-15-14-19-18-4-2-3-5-20(18)24-22(19)21(23-15)16-6-8-17(9-7-16)25-10-12-26-13-11-25;1-8-5-3-2-4-6(8)7;1-3(2)4(5)6;/h3-10,16,24,30H,2,11-15H2,1H3;2-9,15,21,23-24H,10-14H2,1H3;2-5H,1H3;1H2,2H3,(H,5,6);1H/q;;+1;;/p-1/t16-,24-;15-,21-;;;/m00.../s1. The molecule has 4 aliphatic rings. The van der Waals surface area contributed by atoms with Crippen molar-refractivity contribution in [2.75, 3.05) is 62.4 Å². The van der Waals surface area contributed by atoms with Crippen LogP contribution in [-0.4, -0.2) is 103 Å². The van der Waals surface area contributed by atoms with E-state index in [4.69, 9.17) is 26.2 Å². The molecule has 17 heteroatoms. The number of aryl methyl sites for hydroxylation is 1. The molecule has 1 amide bonds. The van der Waals surface area contributed by atoms with Gasteiger partial charge in [-0.3, -0.25) is 4.79 Å². The van der Waals surface area contributed by atoms with Gasteiger partial charge in [-0.25, -0.2) is 4.79 Å². The third-order valence-corrected chi connectivity index (χ3v) is 14.2. The molecule has 12 nitrogen and oxygen atoms in total. The van der Waals surface area contributed by atoms with E-state index in [1.165, 1.54) is 45.2 Å². The number of para-hydroxylation sites is 2. The number of carbonyl (C=O) groups excluding carboxylic acids is 1. The molecule has 0 radical (unpaired) electrons. The summed E-state index contributed by atoms with van der Waals surface area (Å²) in [5.41, 5.74) is 9.92. The first kappa shape index (κ1) is 56.5. The number of ether oxygens (including phenoxy) is 2. The van der Waals surface area contributed by atoms with Crippen molar-refractivity contribution in [1.82, 2.24) is 20.2 Å². The van der Waals surface area contributed by atoms with Gasteiger partial charge in [0.15, 0.2) is 6.20 Å². The van der Waals surface area contributed by atoms with Gasteiger partial charge in [-0.05, 0) is 110 Å². The molecule has 0 saturated carbocycles. The number of halogens is 5. The summed E-state index contributed by atoms with van der Waals surface area (Å²) in [6.07, 6.45) is -1.36. The lowest BCUT2D eigenvalue weighted by Crippen LogP contribution is -3.00. The fourth-order valence-electron chi connectivity index (χ4n) is 9.96. The highest BCUT2D eigenvalue weighted by Gasteiger charge is 2.45. The van der Waals surface area contributed by atoms with Gasteiger partial charge in [0.2, 0.25) is 0 Å². The maximum Gasteiger partial charge on any atom is 0.421 e. The van der Waals surface area contributed by atoms with Crippen LogP contribution in [0.25, 0.3) is 21.8 Å². The number of fused-ring (bicyclic) bond motifs is 6. The number of carboxylic acid groups (broad SMARTS) is 1. The molecule has 4 aromatic carbocycles. The van der Waals surface area contributed by atoms with E-state index in [-0.39, 0.29) is 35.6 Å². The molecular formula is C58H64ClF3IN7O5. The zero-order valence-corrected chi connectivity index (χ0v) is 45.5. The minimum atomic E-state index is -4.79. The van der Waals surface area contributed by atoms with E-state index >= 15 is 0 Å². The summed E-state index contributed by atoms with van der Waals surface area (Å²) in [6, 6.07) is 38.5. The summed E-state index contributed by atoms with van der Waals surface area (Å²) < 4.78 is 53.1. The Morgan fingerprint density at radius 3 is 1.64 bits per heavy atom. The number of carboxylic acids is 1. The summed E-state index contributed by atoms with van der Waals surface area (Å²) in [4.78, 5) is 35.8. The number of rotatable bonds is 6. The van der Waals surface area contributed by atoms with Gasteiger partial charge in [-0.15, -0.1) is 0 Å². The molecule has 7 aromatic rings. The second-order valence-electron chi connectivity index (χ2n) is 19.1. The number of nitrogens with one attached hydrogen (secondary N) is 3. The molecule has 0 unspecified atom stereocenters. The average molecular weight is 1160 g/mol. The van der Waals surface area contributed by atoms with Crippen molar-refractivity contribution in [3.8, 4) is 0 Å². The van der Waals surface area contributed by atoms with Gasteiger partial charge in [0.1, 0.15) is 12.6 Å². The van der Waals surface area contributed by atoms with Crippen molar-refractivity contribution >= 4 is 56.7 Å². The highest BCUT2D eigenvalue weighted by molar-refractivity contribution is 6.28. The summed E-state index contributed by atoms with van der Waals surface area (Å²) in [5.74, 6) is -2.03. The van der Waals surface area contributed by atoms with Crippen molar-refractivity contribution in [2.24, 2.45) is 7.05 Å². The number of amides is 1. The number of pyridine rings is 1. The van der Waals surface area contributed by atoms with Gasteiger partial charge in [-0.2, -0.15) is 17.7 Å². The fraction of sp³-hybridized carbons (Fsp3) is 0.328. The topological polar surface area (TPSA) is 130 Å². The summed E-state index contributed by atoms with van der Waals surface area (Å²) >= 11 is 5.67. The van der Waals surface area contributed by atoms with Crippen LogP contribution in [0.5, 0.6) is 0 Å². The Hall–Kier alpha value is -6.18. The van der Waals surface area contributed by atoms with E-state index < -0.39 is 35.7 Å². The first-order valence-corrected chi connectivity index (χ1v) is 25.3. The Bertz CT molecular complexity index is 3060. The molecule has 2 saturated heterocycles. The molecule has 4 N–H and O–H groups in total. The zero-order chi connectivity index (χ0) is 52.7. The van der Waals surface area contributed by atoms with Crippen molar-refractivity contribution in [3.05, 3.63) is 185 Å². The van der Waals surface area contributed by atoms with Crippen LogP contribution >= 0.6 is 11.6 Å². The van der Waals surface area contributed by atoms with Gasteiger partial charge < -0.3 is 68.5 Å². The van der Waals surface area contributed by atoms with E-state index in [1.54, 1.807) is 6.92 Å². The van der Waals surface area contributed by atoms with Crippen molar-refractivity contribution in [2.45, 2.75) is 64.0 Å². The summed E-state index contributed by atoms with van der Waals surface area (Å²) in [5, 5.41) is 14.8. The first-order valence-electron chi connectivity index (χ1n) is 24.9. The summed E-state index contributed by atoms with van der Waals surface area (Å²) in [7, 11) is 1.91. The third kappa shape index (κ3) is 13.3. The van der Waals surface area contributed by atoms with Crippen LogP contribution in [0, 0.1) is 0 Å². The normalized spacial score (nSPS) is 19.1. The van der Waals surface area contributed by atoms with E-state index in [1.807, 2.05) is 84.5 Å². The molecule has 0 spiro atoms. The smallest absolute Gasteiger partial charge is 0.421 e. The van der Waals surface area contributed by atoms with Crippen molar-refractivity contribution < 1.29 is 65.9 Å². The molecule has 11 rings (SSSR count). The van der Waals surface area contributed by atoms with E-state index in [0.717, 1.165) is 84.4 Å². The second-order valence-corrected chi connectivity index (χ2v) is 19.5. The molecule has 2 fully saturated rings. The predicted molar refractivity (Wildman–Crippen MR) is 286 cm³/mol. The lowest BCUT2D eigenvalue weighted by Gasteiger charge is -2.41. The number of hydrogen-bond acceptors (Lipinski definition) is 7. The molecule has 4 aliphatic heterocycles. The first-order chi connectivity index (χ1) is 35.5. The highest BCUT2D eigenvalue weighted by atomic mass is 127. The molecule has 0 aliphatic carbocycles. The molecule has 75 heavy (non-hydrogen) atoms. The minimum Gasteiger partial charge on any atom is -1.00 e. The van der Waals surface area contributed by atoms with E-state index in [2.05, 4.69) is 93.7 Å². The van der Waals surface area contributed by atoms with Gasteiger partial charge in [0.25, 0.3) is 11.1 Å². The van der Waals surface area contributed by atoms with E-state index in [0.29, 0.717) is 25.7 Å². The molecule has 396 valence electrons. The maximum absolute atomic E-state index is 13.5. The number of aromatic nitrogens is 3. The number of alkyl halides is 3. The third-order valence-electron chi connectivity index (χ3n) is 13.8. The highest BCUT2D eigenvalue weighted by Crippen LogP contribution is 2.43.